The van der Waals surface area contributed by atoms with Crippen molar-refractivity contribution in [1.82, 2.24) is 4.98 Å². The standard InChI is InChI=1S/C12H15ClN2O/c1-15(10-3-5-11(16)6-4-10)12-7-2-9(13)8-14-12/h2,7-8,10H,3-6H2,1H3. The van der Waals surface area contributed by atoms with Crippen LogP contribution in [0.4, 0.5) is 5.82 Å². The summed E-state index contributed by atoms with van der Waals surface area (Å²) in [6, 6.07) is 4.18. The maximum Gasteiger partial charge on any atom is 0.133 e. The first-order valence-electron chi connectivity index (χ1n) is 5.53. The Balaban J connectivity index is 2.04. The summed E-state index contributed by atoms with van der Waals surface area (Å²) in [6.45, 7) is 0. The molecule has 0 amide bonds. The molecule has 0 bridgehead atoms. The Labute approximate surface area is 100 Å². The van der Waals surface area contributed by atoms with Crippen LogP contribution in [0, 0.1) is 0 Å². The van der Waals surface area contributed by atoms with E-state index in [0.717, 1.165) is 18.7 Å². The van der Waals surface area contributed by atoms with Crippen molar-refractivity contribution in [3.63, 3.8) is 0 Å². The minimum atomic E-state index is 0.383. The highest BCUT2D eigenvalue weighted by molar-refractivity contribution is 6.30. The van der Waals surface area contributed by atoms with E-state index in [4.69, 9.17) is 11.6 Å². The van der Waals surface area contributed by atoms with Gasteiger partial charge in [-0.25, -0.2) is 4.98 Å². The fraction of sp³-hybridized carbons (Fsp3) is 0.500. The molecule has 4 heteroatoms. The minimum Gasteiger partial charge on any atom is -0.357 e. The molecule has 0 saturated heterocycles. The van der Waals surface area contributed by atoms with Crippen LogP contribution < -0.4 is 4.90 Å². The molecule has 0 aromatic carbocycles. The lowest BCUT2D eigenvalue weighted by Crippen LogP contribution is -2.35. The van der Waals surface area contributed by atoms with Gasteiger partial charge in [-0.2, -0.15) is 0 Å². The molecule has 0 atom stereocenters. The van der Waals surface area contributed by atoms with Crippen LogP contribution in [0.1, 0.15) is 25.7 Å². The topological polar surface area (TPSA) is 33.2 Å². The number of halogens is 1. The molecular weight excluding hydrogens is 224 g/mol. The van der Waals surface area contributed by atoms with E-state index in [1.54, 1.807) is 6.20 Å². The molecule has 1 aliphatic carbocycles. The van der Waals surface area contributed by atoms with E-state index in [1.165, 1.54) is 0 Å². The maximum absolute atomic E-state index is 11.2. The Morgan fingerprint density at radius 3 is 2.62 bits per heavy atom. The molecule has 0 N–H and O–H groups in total. The second kappa shape index (κ2) is 4.83. The summed E-state index contributed by atoms with van der Waals surface area (Å²) in [5.74, 6) is 1.30. The van der Waals surface area contributed by atoms with Crippen molar-refractivity contribution >= 4 is 23.2 Å². The fourth-order valence-corrected chi connectivity index (χ4v) is 2.19. The molecule has 1 aliphatic rings. The number of carbonyl (C=O) groups is 1. The third-order valence-electron chi connectivity index (χ3n) is 3.13. The number of hydrogen-bond donors (Lipinski definition) is 0. The molecule has 1 aromatic rings. The molecule has 1 fully saturated rings. The smallest absolute Gasteiger partial charge is 0.133 e. The lowest BCUT2D eigenvalue weighted by Gasteiger charge is -2.31. The van der Waals surface area contributed by atoms with Crippen molar-refractivity contribution in [3.8, 4) is 0 Å². The van der Waals surface area contributed by atoms with E-state index in [0.29, 0.717) is 29.7 Å². The molecule has 1 heterocycles. The van der Waals surface area contributed by atoms with E-state index >= 15 is 0 Å². The molecular formula is C12H15ClN2O. The molecule has 3 nitrogen and oxygen atoms in total. The van der Waals surface area contributed by atoms with Crippen molar-refractivity contribution in [2.45, 2.75) is 31.7 Å². The summed E-state index contributed by atoms with van der Waals surface area (Å²) in [6.07, 6.45) is 4.91. The summed E-state index contributed by atoms with van der Waals surface area (Å²) in [7, 11) is 2.02. The van der Waals surface area contributed by atoms with Crippen LogP contribution in [-0.4, -0.2) is 23.9 Å². The molecule has 1 aromatic heterocycles. The van der Waals surface area contributed by atoms with Crippen LogP contribution in [0.5, 0.6) is 0 Å². The molecule has 2 rings (SSSR count). The van der Waals surface area contributed by atoms with E-state index in [9.17, 15) is 4.79 Å². The lowest BCUT2D eigenvalue weighted by molar-refractivity contribution is -0.120. The Morgan fingerprint density at radius 1 is 1.38 bits per heavy atom. The molecule has 0 unspecified atom stereocenters. The normalized spacial score (nSPS) is 17.5. The third-order valence-corrected chi connectivity index (χ3v) is 3.36. The van der Waals surface area contributed by atoms with Gasteiger partial charge < -0.3 is 4.90 Å². The summed E-state index contributed by atoms with van der Waals surface area (Å²) >= 11 is 5.80. The van der Waals surface area contributed by atoms with Gasteiger partial charge in [-0.1, -0.05) is 11.6 Å². The number of anilines is 1. The highest BCUT2D eigenvalue weighted by Gasteiger charge is 2.22. The first-order chi connectivity index (χ1) is 7.66. The first kappa shape index (κ1) is 11.4. The number of hydrogen-bond acceptors (Lipinski definition) is 3. The first-order valence-corrected chi connectivity index (χ1v) is 5.90. The van der Waals surface area contributed by atoms with Crippen LogP contribution in [0.15, 0.2) is 18.3 Å². The van der Waals surface area contributed by atoms with Crippen molar-refractivity contribution in [2.24, 2.45) is 0 Å². The second-order valence-corrected chi connectivity index (χ2v) is 4.65. The summed E-state index contributed by atoms with van der Waals surface area (Å²) < 4.78 is 0. The predicted octanol–water partition coefficient (Wildman–Crippen LogP) is 2.68. The SMILES string of the molecule is CN(c1ccc(Cl)cn1)C1CCC(=O)CC1. The van der Waals surface area contributed by atoms with Gasteiger partial charge in [-0.15, -0.1) is 0 Å². The van der Waals surface area contributed by atoms with Gasteiger partial charge in [0.15, 0.2) is 0 Å². The van der Waals surface area contributed by atoms with Gasteiger partial charge in [0.2, 0.25) is 0 Å². The van der Waals surface area contributed by atoms with Crippen LogP contribution in [-0.2, 0) is 4.79 Å². The Kier molecular flexibility index (Phi) is 3.44. The molecule has 16 heavy (non-hydrogen) atoms. The molecule has 1 saturated carbocycles. The van der Waals surface area contributed by atoms with Gasteiger partial charge in [0, 0.05) is 32.1 Å². The number of Topliss-reactive ketones (excluding diaryl/α,β-unsaturated/α-hetero) is 1. The van der Waals surface area contributed by atoms with Crippen LogP contribution >= 0.6 is 11.6 Å². The molecule has 0 aliphatic heterocycles. The van der Waals surface area contributed by atoms with Gasteiger partial charge >= 0.3 is 0 Å². The summed E-state index contributed by atoms with van der Waals surface area (Å²) in [5, 5.41) is 0.649. The van der Waals surface area contributed by atoms with E-state index in [-0.39, 0.29) is 0 Å². The number of rotatable bonds is 2. The van der Waals surface area contributed by atoms with Crippen LogP contribution in [0.3, 0.4) is 0 Å². The van der Waals surface area contributed by atoms with Crippen LogP contribution in [0.25, 0.3) is 0 Å². The largest absolute Gasteiger partial charge is 0.357 e. The van der Waals surface area contributed by atoms with Crippen molar-refractivity contribution in [2.75, 3.05) is 11.9 Å². The van der Waals surface area contributed by atoms with Gasteiger partial charge in [0.05, 0.1) is 5.02 Å². The summed E-state index contributed by atoms with van der Waals surface area (Å²) in [4.78, 5) is 17.6. The van der Waals surface area contributed by atoms with E-state index in [2.05, 4.69) is 9.88 Å². The zero-order valence-electron chi connectivity index (χ0n) is 9.32. The lowest BCUT2D eigenvalue weighted by atomic mass is 9.93. The number of aromatic nitrogens is 1. The summed E-state index contributed by atoms with van der Waals surface area (Å²) in [5.41, 5.74) is 0. The number of nitrogens with zero attached hydrogens (tertiary/aromatic N) is 2. The Bertz CT molecular complexity index is 367. The van der Waals surface area contributed by atoms with E-state index in [1.807, 2.05) is 19.2 Å². The van der Waals surface area contributed by atoms with Crippen molar-refractivity contribution < 1.29 is 4.79 Å². The Hall–Kier alpha value is -1.09. The van der Waals surface area contributed by atoms with Crippen LogP contribution in [0.2, 0.25) is 5.02 Å². The second-order valence-electron chi connectivity index (χ2n) is 4.22. The minimum absolute atomic E-state index is 0.383. The predicted molar refractivity (Wildman–Crippen MR) is 64.9 cm³/mol. The fourth-order valence-electron chi connectivity index (χ4n) is 2.08. The average Bonchev–Trinajstić information content (AvgIpc) is 2.30. The number of ketones is 1. The van der Waals surface area contributed by atoms with E-state index < -0.39 is 0 Å². The monoisotopic (exact) mass is 238 g/mol. The zero-order chi connectivity index (χ0) is 11.5. The molecule has 86 valence electrons. The Morgan fingerprint density at radius 2 is 2.06 bits per heavy atom. The average molecular weight is 239 g/mol. The van der Waals surface area contributed by atoms with Gasteiger partial charge in [-0.05, 0) is 25.0 Å². The molecule has 0 radical (unpaired) electrons. The van der Waals surface area contributed by atoms with Crippen molar-refractivity contribution in [1.29, 1.82) is 0 Å². The maximum atomic E-state index is 11.2. The van der Waals surface area contributed by atoms with Crippen molar-refractivity contribution in [3.05, 3.63) is 23.4 Å². The van der Waals surface area contributed by atoms with Gasteiger partial charge in [0.25, 0.3) is 0 Å². The van der Waals surface area contributed by atoms with Gasteiger partial charge in [-0.3, -0.25) is 4.79 Å². The highest BCUT2D eigenvalue weighted by atomic mass is 35.5. The number of carbonyl (C=O) groups excluding carboxylic acids is 1. The van der Waals surface area contributed by atoms with Gasteiger partial charge in [0.1, 0.15) is 11.6 Å². The quantitative estimate of drug-likeness (QED) is 0.794. The number of pyridine rings is 1. The highest BCUT2D eigenvalue weighted by Crippen LogP contribution is 2.23. The third kappa shape index (κ3) is 2.53. The zero-order valence-corrected chi connectivity index (χ0v) is 10.1. The molecule has 0 spiro atoms.